The SMILES string of the molecule is c1ccc(-c2cccc3c2oc2ccccc23)c(-c2ccccc2-n2c3ccccc3c3cc(C4CCCCC4)ccc32)c1. The number of aromatic nitrogens is 1. The Bertz CT molecular complexity index is 2330. The molecule has 1 aliphatic carbocycles. The van der Waals surface area contributed by atoms with Crippen molar-refractivity contribution in [2.24, 2.45) is 0 Å². The summed E-state index contributed by atoms with van der Waals surface area (Å²) in [6, 6.07) is 48.6. The maximum atomic E-state index is 6.50. The van der Waals surface area contributed by atoms with E-state index in [0.717, 1.165) is 27.5 Å². The van der Waals surface area contributed by atoms with Crippen molar-refractivity contribution in [3.05, 3.63) is 139 Å². The smallest absolute Gasteiger partial charge is 0.143 e. The summed E-state index contributed by atoms with van der Waals surface area (Å²) in [5.74, 6) is 0.676. The van der Waals surface area contributed by atoms with E-state index in [0.29, 0.717) is 5.92 Å². The molecule has 0 N–H and O–H groups in total. The Labute approximate surface area is 257 Å². The molecule has 212 valence electrons. The predicted octanol–water partition coefficient (Wildman–Crippen LogP) is 12.1. The fourth-order valence-electron chi connectivity index (χ4n) is 7.75. The van der Waals surface area contributed by atoms with Crippen molar-refractivity contribution >= 4 is 43.7 Å². The number of furan rings is 1. The van der Waals surface area contributed by atoms with Gasteiger partial charge in [0.2, 0.25) is 0 Å². The Morgan fingerprint density at radius 3 is 1.98 bits per heavy atom. The largest absolute Gasteiger partial charge is 0.455 e. The van der Waals surface area contributed by atoms with Crippen LogP contribution in [0.15, 0.2) is 138 Å². The lowest BCUT2D eigenvalue weighted by molar-refractivity contribution is 0.444. The van der Waals surface area contributed by atoms with Crippen molar-refractivity contribution in [2.75, 3.05) is 0 Å². The van der Waals surface area contributed by atoms with Gasteiger partial charge in [0.1, 0.15) is 11.2 Å². The Hall–Kier alpha value is -5.08. The third kappa shape index (κ3) is 3.94. The molecule has 2 nitrogen and oxygen atoms in total. The van der Waals surface area contributed by atoms with Gasteiger partial charge in [-0.05, 0) is 65.8 Å². The minimum absolute atomic E-state index is 0.676. The molecule has 6 aromatic carbocycles. The second kappa shape index (κ2) is 10.3. The summed E-state index contributed by atoms with van der Waals surface area (Å²) in [5, 5.41) is 4.96. The molecule has 0 saturated heterocycles. The number of fused-ring (bicyclic) bond motifs is 6. The van der Waals surface area contributed by atoms with Crippen LogP contribution in [0.2, 0.25) is 0 Å². The van der Waals surface area contributed by atoms with Crippen molar-refractivity contribution in [3.63, 3.8) is 0 Å². The molecule has 1 fully saturated rings. The molecule has 8 aromatic rings. The van der Waals surface area contributed by atoms with Crippen LogP contribution in [0.4, 0.5) is 0 Å². The molecule has 0 aliphatic heterocycles. The summed E-state index contributed by atoms with van der Waals surface area (Å²) >= 11 is 0. The van der Waals surface area contributed by atoms with Crippen molar-refractivity contribution < 1.29 is 4.42 Å². The molecule has 2 heteroatoms. The highest BCUT2D eigenvalue weighted by atomic mass is 16.3. The van der Waals surface area contributed by atoms with Crippen LogP contribution >= 0.6 is 0 Å². The van der Waals surface area contributed by atoms with E-state index >= 15 is 0 Å². The van der Waals surface area contributed by atoms with E-state index < -0.39 is 0 Å². The molecule has 44 heavy (non-hydrogen) atoms. The highest BCUT2D eigenvalue weighted by Crippen LogP contribution is 2.43. The van der Waals surface area contributed by atoms with Crippen molar-refractivity contribution in [2.45, 2.75) is 38.0 Å². The maximum Gasteiger partial charge on any atom is 0.143 e. The van der Waals surface area contributed by atoms with Gasteiger partial charge in [-0.3, -0.25) is 0 Å². The molecule has 0 bridgehead atoms. The summed E-state index contributed by atoms with van der Waals surface area (Å²) in [5.41, 5.74) is 11.7. The van der Waals surface area contributed by atoms with E-state index in [9.17, 15) is 0 Å². The Morgan fingerprint density at radius 1 is 0.477 bits per heavy atom. The zero-order chi connectivity index (χ0) is 29.0. The zero-order valence-corrected chi connectivity index (χ0v) is 24.7. The summed E-state index contributed by atoms with van der Waals surface area (Å²) in [6.07, 6.45) is 6.68. The number of nitrogens with zero attached hydrogens (tertiary/aromatic N) is 1. The number of hydrogen-bond donors (Lipinski definition) is 0. The first-order valence-electron chi connectivity index (χ1n) is 16.0. The zero-order valence-electron chi connectivity index (χ0n) is 24.7. The number of para-hydroxylation sites is 4. The third-order valence-corrected chi connectivity index (χ3v) is 9.83. The van der Waals surface area contributed by atoms with E-state index in [-0.39, 0.29) is 0 Å². The van der Waals surface area contributed by atoms with E-state index in [1.165, 1.54) is 81.9 Å². The van der Waals surface area contributed by atoms with Crippen LogP contribution in [-0.4, -0.2) is 4.57 Å². The molecule has 0 radical (unpaired) electrons. The first kappa shape index (κ1) is 25.4. The topological polar surface area (TPSA) is 18.1 Å². The fraction of sp³-hybridized carbons (Fsp3) is 0.143. The van der Waals surface area contributed by atoms with Gasteiger partial charge in [0, 0.05) is 32.7 Å². The monoisotopic (exact) mass is 567 g/mol. The molecule has 1 aliphatic rings. The number of hydrogen-bond acceptors (Lipinski definition) is 1. The molecular weight excluding hydrogens is 534 g/mol. The number of benzene rings is 6. The van der Waals surface area contributed by atoms with Crippen LogP contribution in [0.25, 0.3) is 71.7 Å². The van der Waals surface area contributed by atoms with Crippen molar-refractivity contribution in [3.8, 4) is 27.9 Å². The van der Waals surface area contributed by atoms with Gasteiger partial charge in [-0.25, -0.2) is 0 Å². The summed E-state index contributed by atoms with van der Waals surface area (Å²) < 4.78 is 8.98. The molecule has 0 unspecified atom stereocenters. The third-order valence-electron chi connectivity index (χ3n) is 9.83. The quantitative estimate of drug-likeness (QED) is 0.207. The van der Waals surface area contributed by atoms with Crippen molar-refractivity contribution in [1.29, 1.82) is 0 Å². The molecule has 2 aromatic heterocycles. The maximum absolute atomic E-state index is 6.50. The van der Waals surface area contributed by atoms with Crippen LogP contribution in [0.1, 0.15) is 43.6 Å². The standard InChI is InChI=1S/C42H33NO/c1-2-13-28(14-3-1)29-25-26-40-37(27-29)33-18-7-10-23-39(33)43(40)38-22-9-6-17-32(38)30-15-4-5-16-31(30)35-20-12-21-36-34-19-8-11-24-41(34)44-42(35)36/h4-12,15-28H,1-3,13-14H2. The summed E-state index contributed by atoms with van der Waals surface area (Å²) in [4.78, 5) is 0. The van der Waals surface area contributed by atoms with E-state index in [1.807, 2.05) is 6.07 Å². The molecule has 0 spiro atoms. The molecular formula is C42H33NO. The van der Waals surface area contributed by atoms with E-state index in [1.54, 1.807) is 0 Å². The number of rotatable bonds is 4. The Morgan fingerprint density at radius 2 is 1.11 bits per heavy atom. The molecule has 0 amide bonds. The van der Waals surface area contributed by atoms with Gasteiger partial charge in [-0.15, -0.1) is 0 Å². The summed E-state index contributed by atoms with van der Waals surface area (Å²) in [7, 11) is 0. The molecule has 1 saturated carbocycles. The average Bonchev–Trinajstić information content (AvgIpc) is 3.64. The highest BCUT2D eigenvalue weighted by Gasteiger charge is 2.21. The van der Waals surface area contributed by atoms with E-state index in [2.05, 4.69) is 132 Å². The lowest BCUT2D eigenvalue weighted by Crippen LogP contribution is -2.04. The first-order valence-corrected chi connectivity index (χ1v) is 16.0. The fourth-order valence-corrected chi connectivity index (χ4v) is 7.75. The predicted molar refractivity (Wildman–Crippen MR) is 185 cm³/mol. The molecule has 9 rings (SSSR count). The van der Waals surface area contributed by atoms with Gasteiger partial charge >= 0.3 is 0 Å². The van der Waals surface area contributed by atoms with Gasteiger partial charge in [0.15, 0.2) is 0 Å². The Balaban J connectivity index is 1.27. The second-order valence-electron chi connectivity index (χ2n) is 12.3. The molecule has 2 heterocycles. The van der Waals surface area contributed by atoms with Crippen LogP contribution < -0.4 is 0 Å². The van der Waals surface area contributed by atoms with Crippen LogP contribution in [0, 0.1) is 0 Å². The van der Waals surface area contributed by atoms with E-state index in [4.69, 9.17) is 4.42 Å². The van der Waals surface area contributed by atoms with Crippen molar-refractivity contribution in [1.82, 2.24) is 4.57 Å². The normalized spacial score (nSPS) is 14.3. The Kier molecular flexibility index (Phi) is 5.94. The highest BCUT2D eigenvalue weighted by molar-refractivity contribution is 6.12. The lowest BCUT2D eigenvalue weighted by Gasteiger charge is -2.22. The minimum atomic E-state index is 0.676. The van der Waals surface area contributed by atoms with Crippen LogP contribution in [0.3, 0.4) is 0 Å². The lowest BCUT2D eigenvalue weighted by atomic mass is 9.84. The van der Waals surface area contributed by atoms with Gasteiger partial charge < -0.3 is 8.98 Å². The van der Waals surface area contributed by atoms with Crippen LogP contribution in [-0.2, 0) is 0 Å². The van der Waals surface area contributed by atoms with Gasteiger partial charge in [0.25, 0.3) is 0 Å². The second-order valence-corrected chi connectivity index (χ2v) is 12.3. The van der Waals surface area contributed by atoms with Gasteiger partial charge in [0.05, 0.1) is 16.7 Å². The summed E-state index contributed by atoms with van der Waals surface area (Å²) in [6.45, 7) is 0. The molecule has 0 atom stereocenters. The minimum Gasteiger partial charge on any atom is -0.455 e. The van der Waals surface area contributed by atoms with Gasteiger partial charge in [-0.2, -0.15) is 0 Å². The average molecular weight is 568 g/mol. The first-order chi connectivity index (χ1) is 21.8. The van der Waals surface area contributed by atoms with Crippen LogP contribution in [0.5, 0.6) is 0 Å². The van der Waals surface area contributed by atoms with Gasteiger partial charge in [-0.1, -0.05) is 122 Å².